The van der Waals surface area contributed by atoms with Gasteiger partial charge in [-0.1, -0.05) is 24.3 Å². The molecule has 0 bridgehead atoms. The molecule has 0 saturated carbocycles. The van der Waals surface area contributed by atoms with Crippen LogP contribution in [0.2, 0.25) is 0 Å². The Kier molecular flexibility index (Phi) is 7.91. The second-order valence-corrected chi connectivity index (χ2v) is 10.7. The first kappa shape index (κ1) is 23.3. The number of nitrogens with zero attached hydrogens (tertiary/aromatic N) is 3. The first-order valence-electron chi connectivity index (χ1n) is 11.8. The zero-order valence-electron chi connectivity index (χ0n) is 18.7. The van der Waals surface area contributed by atoms with Crippen LogP contribution in [0.4, 0.5) is 0 Å². The van der Waals surface area contributed by atoms with Crippen LogP contribution in [0.5, 0.6) is 0 Å². The van der Waals surface area contributed by atoms with Crippen LogP contribution < -0.4 is 11.1 Å². The van der Waals surface area contributed by atoms with E-state index in [4.69, 9.17) is 10.7 Å². The summed E-state index contributed by atoms with van der Waals surface area (Å²) >= 11 is 0. The lowest BCUT2D eigenvalue weighted by Gasteiger charge is -2.40. The summed E-state index contributed by atoms with van der Waals surface area (Å²) in [5.74, 6) is 0. The van der Waals surface area contributed by atoms with Crippen molar-refractivity contribution >= 4 is 10.0 Å². The number of benzene rings is 1. The lowest BCUT2D eigenvalue weighted by Crippen LogP contribution is -2.56. The Morgan fingerprint density at radius 1 is 1.16 bits per heavy atom. The molecule has 0 spiro atoms. The minimum absolute atomic E-state index is 0.0780. The maximum atomic E-state index is 13.2. The fourth-order valence-corrected chi connectivity index (χ4v) is 6.44. The third-order valence-corrected chi connectivity index (χ3v) is 8.44. The lowest BCUT2D eigenvalue weighted by molar-refractivity contribution is 0.138. The van der Waals surface area contributed by atoms with Gasteiger partial charge in [-0.05, 0) is 69.0 Å². The van der Waals surface area contributed by atoms with Gasteiger partial charge in [-0.25, -0.2) is 8.42 Å². The second kappa shape index (κ2) is 10.9. The van der Waals surface area contributed by atoms with Crippen LogP contribution >= 0.6 is 0 Å². The molecule has 1 aromatic carbocycles. The van der Waals surface area contributed by atoms with Crippen molar-refractivity contribution in [3.8, 4) is 0 Å². The first-order chi connectivity index (χ1) is 15.6. The molecule has 0 amide bonds. The number of hydrogen-bond donors (Lipinski definition) is 2. The average molecular weight is 458 g/mol. The average Bonchev–Trinajstić information content (AvgIpc) is 2.84. The smallest absolute Gasteiger partial charge is 0.243 e. The van der Waals surface area contributed by atoms with Gasteiger partial charge < -0.3 is 11.1 Å². The van der Waals surface area contributed by atoms with Gasteiger partial charge in [0.25, 0.3) is 0 Å². The van der Waals surface area contributed by atoms with E-state index >= 15 is 0 Å². The first-order valence-corrected chi connectivity index (χ1v) is 13.2. The molecule has 3 N–H and O–H groups in total. The van der Waals surface area contributed by atoms with Crippen LogP contribution in [-0.4, -0.2) is 67.9 Å². The second-order valence-electron chi connectivity index (χ2n) is 8.77. The molecule has 32 heavy (non-hydrogen) atoms. The maximum absolute atomic E-state index is 13.2. The predicted octanol–water partition coefficient (Wildman–Crippen LogP) is 2.16. The van der Waals surface area contributed by atoms with Crippen molar-refractivity contribution in [3.05, 3.63) is 59.9 Å². The molecule has 1 aliphatic heterocycles. The summed E-state index contributed by atoms with van der Waals surface area (Å²) in [7, 11) is -3.48. The Labute approximate surface area is 192 Å². The van der Waals surface area contributed by atoms with E-state index in [1.54, 1.807) is 28.6 Å². The van der Waals surface area contributed by atoms with E-state index in [0.717, 1.165) is 45.2 Å². The third kappa shape index (κ3) is 5.38. The highest BCUT2D eigenvalue weighted by Gasteiger charge is 2.33. The quantitative estimate of drug-likeness (QED) is 0.561. The molecule has 4 rings (SSSR count). The number of rotatable bonds is 9. The summed E-state index contributed by atoms with van der Waals surface area (Å²) in [6.07, 6.45) is 7.25. The summed E-state index contributed by atoms with van der Waals surface area (Å²) in [6.45, 7) is 4.07. The summed E-state index contributed by atoms with van der Waals surface area (Å²) in [5.41, 5.74) is 8.29. The zero-order chi connectivity index (χ0) is 22.4. The van der Waals surface area contributed by atoms with Crippen molar-refractivity contribution < 1.29 is 8.42 Å². The number of piperazine rings is 1. The number of hydrogen-bond acceptors (Lipinski definition) is 6. The number of nitrogens with two attached hydrogens (primary N) is 1. The highest BCUT2D eigenvalue weighted by atomic mass is 32.2. The van der Waals surface area contributed by atoms with E-state index < -0.39 is 10.0 Å². The lowest BCUT2D eigenvalue weighted by atomic mass is 9.90. The van der Waals surface area contributed by atoms with Gasteiger partial charge in [-0.3, -0.25) is 9.88 Å². The van der Waals surface area contributed by atoms with Crippen molar-refractivity contribution in [2.45, 2.75) is 49.1 Å². The topological polar surface area (TPSA) is 91.6 Å². The minimum atomic E-state index is -3.48. The fraction of sp³-hybridized carbons (Fsp3) is 0.542. The maximum Gasteiger partial charge on any atom is 0.243 e. The molecule has 2 atom stereocenters. The summed E-state index contributed by atoms with van der Waals surface area (Å²) < 4.78 is 27.9. The molecule has 1 saturated heterocycles. The molecule has 0 radical (unpaired) electrons. The molecule has 2 heterocycles. The van der Waals surface area contributed by atoms with Gasteiger partial charge in [-0.15, -0.1) is 0 Å². The van der Waals surface area contributed by atoms with Crippen LogP contribution in [0.15, 0.2) is 53.6 Å². The molecule has 0 unspecified atom stereocenters. The number of aryl methyl sites for hydroxylation is 1. The number of pyridine rings is 1. The van der Waals surface area contributed by atoms with Gasteiger partial charge in [0.15, 0.2) is 0 Å². The molecular formula is C24H35N5O2S. The molecule has 8 heteroatoms. The van der Waals surface area contributed by atoms with Crippen molar-refractivity contribution in [2.75, 3.05) is 39.3 Å². The van der Waals surface area contributed by atoms with E-state index in [1.807, 2.05) is 18.3 Å². The Bertz CT molecular complexity index is 969. The molecular weight excluding hydrogens is 422 g/mol. The molecule has 1 fully saturated rings. The molecule has 2 aromatic rings. The fourth-order valence-electron chi connectivity index (χ4n) is 4.93. The van der Waals surface area contributed by atoms with Crippen molar-refractivity contribution in [1.82, 2.24) is 19.5 Å². The Morgan fingerprint density at radius 3 is 2.81 bits per heavy atom. The molecule has 174 valence electrons. The van der Waals surface area contributed by atoms with Crippen molar-refractivity contribution in [3.63, 3.8) is 0 Å². The number of unbranched alkanes of at least 4 members (excludes halogenated alkanes) is 1. The number of fused-ring (bicyclic) bond motifs is 1. The van der Waals surface area contributed by atoms with Crippen LogP contribution in [0.3, 0.4) is 0 Å². The predicted molar refractivity (Wildman–Crippen MR) is 127 cm³/mol. The van der Waals surface area contributed by atoms with Gasteiger partial charge in [0.2, 0.25) is 10.0 Å². The van der Waals surface area contributed by atoms with Crippen LogP contribution in [0, 0.1) is 0 Å². The van der Waals surface area contributed by atoms with E-state index in [2.05, 4.69) is 16.3 Å². The highest BCUT2D eigenvalue weighted by Crippen LogP contribution is 2.33. The highest BCUT2D eigenvalue weighted by molar-refractivity contribution is 7.89. The zero-order valence-corrected chi connectivity index (χ0v) is 19.5. The van der Waals surface area contributed by atoms with Gasteiger partial charge in [0, 0.05) is 38.4 Å². The van der Waals surface area contributed by atoms with Crippen molar-refractivity contribution in [2.24, 2.45) is 5.73 Å². The van der Waals surface area contributed by atoms with Gasteiger partial charge in [0.1, 0.15) is 0 Å². The van der Waals surface area contributed by atoms with E-state index in [0.29, 0.717) is 31.1 Å². The number of sulfonamides is 1. The normalized spacial score (nSPS) is 22.1. The van der Waals surface area contributed by atoms with Gasteiger partial charge in [-0.2, -0.15) is 4.31 Å². The summed E-state index contributed by atoms with van der Waals surface area (Å²) in [4.78, 5) is 7.62. The van der Waals surface area contributed by atoms with E-state index in [-0.39, 0.29) is 12.1 Å². The van der Waals surface area contributed by atoms with Crippen molar-refractivity contribution in [1.29, 1.82) is 0 Å². The Hall–Kier alpha value is -1.84. The standard InChI is InChI=1S/C24H35N5O2S/c25-13-4-5-16-28(23-12-6-8-20-9-7-14-27-24(20)23)18-21-19-29(17-15-26-21)32(30,31)22-10-2-1-3-11-22/h1-3,7,9-11,14,21,23,26H,4-6,8,12-13,15-19,25H2/t21-,23-/m0/s1. The van der Waals surface area contributed by atoms with Crippen LogP contribution in [0.1, 0.15) is 43.0 Å². The van der Waals surface area contributed by atoms with E-state index in [1.165, 1.54) is 11.3 Å². The monoisotopic (exact) mass is 457 g/mol. The largest absolute Gasteiger partial charge is 0.330 e. The Balaban J connectivity index is 1.50. The number of nitrogens with one attached hydrogen (secondary N) is 1. The molecule has 1 aromatic heterocycles. The van der Waals surface area contributed by atoms with Crippen LogP contribution in [-0.2, 0) is 16.4 Å². The number of aromatic nitrogens is 1. The SMILES string of the molecule is NCCCCN(C[C@H]1CN(S(=O)(=O)c2ccccc2)CCN1)[C@H]1CCCc2cccnc21. The summed E-state index contributed by atoms with van der Waals surface area (Å²) in [5, 5.41) is 3.56. The van der Waals surface area contributed by atoms with Gasteiger partial charge >= 0.3 is 0 Å². The summed E-state index contributed by atoms with van der Waals surface area (Å²) in [6, 6.07) is 13.3. The third-order valence-electron chi connectivity index (χ3n) is 6.56. The minimum Gasteiger partial charge on any atom is -0.330 e. The molecule has 1 aliphatic carbocycles. The van der Waals surface area contributed by atoms with Crippen LogP contribution in [0.25, 0.3) is 0 Å². The Morgan fingerprint density at radius 2 is 2.00 bits per heavy atom. The molecule has 2 aliphatic rings. The van der Waals surface area contributed by atoms with E-state index in [9.17, 15) is 8.42 Å². The van der Waals surface area contributed by atoms with Gasteiger partial charge in [0.05, 0.1) is 16.6 Å². The molecule has 7 nitrogen and oxygen atoms in total.